The van der Waals surface area contributed by atoms with Gasteiger partial charge in [-0.25, -0.2) is 4.79 Å². The molecule has 0 bridgehead atoms. The molecule has 0 radical (unpaired) electrons. The summed E-state index contributed by atoms with van der Waals surface area (Å²) in [7, 11) is 0. The first-order valence-electron chi connectivity index (χ1n) is 12.5. The van der Waals surface area contributed by atoms with Crippen LogP contribution in [0, 0.1) is 0 Å². The number of benzene rings is 3. The van der Waals surface area contributed by atoms with E-state index in [1.54, 1.807) is 24.3 Å². The molecule has 5 rings (SSSR count). The predicted octanol–water partition coefficient (Wildman–Crippen LogP) is 7.21. The maximum atomic E-state index is 13.1. The number of carbonyl (C=O) groups excluding carboxylic acids is 2. The van der Waals surface area contributed by atoms with Gasteiger partial charge in [-0.3, -0.25) is 4.79 Å². The quantitative estimate of drug-likeness (QED) is 0.214. The fourth-order valence-corrected chi connectivity index (χ4v) is 4.63. The van der Waals surface area contributed by atoms with Gasteiger partial charge in [0, 0.05) is 34.3 Å². The average Bonchev–Trinajstić information content (AvgIpc) is 3.32. The van der Waals surface area contributed by atoms with Crippen LogP contribution in [0.25, 0.3) is 11.3 Å². The van der Waals surface area contributed by atoms with E-state index in [0.717, 1.165) is 43.0 Å². The Hall–Kier alpha value is -4.31. The zero-order chi connectivity index (χ0) is 28.4. The monoisotopic (exact) mass is 568 g/mol. The zero-order valence-corrected chi connectivity index (χ0v) is 21.8. The van der Waals surface area contributed by atoms with Crippen LogP contribution in [0.5, 0.6) is 5.75 Å². The Morgan fingerprint density at radius 3 is 2.50 bits per heavy atom. The van der Waals surface area contributed by atoms with Crippen molar-refractivity contribution in [2.24, 2.45) is 0 Å². The van der Waals surface area contributed by atoms with E-state index < -0.39 is 23.7 Å². The normalized spacial score (nSPS) is 13.5. The van der Waals surface area contributed by atoms with Crippen molar-refractivity contribution in [1.29, 1.82) is 0 Å². The third-order valence-corrected chi connectivity index (χ3v) is 7.19. The van der Waals surface area contributed by atoms with Gasteiger partial charge in [0.25, 0.3) is 5.91 Å². The van der Waals surface area contributed by atoms with Gasteiger partial charge in [-0.05, 0) is 66.9 Å². The van der Waals surface area contributed by atoms with Gasteiger partial charge in [0.15, 0.2) is 0 Å². The van der Waals surface area contributed by atoms with Gasteiger partial charge in [0.2, 0.25) is 0 Å². The average molecular weight is 569 g/mol. The number of aromatic hydroxyl groups is 1. The SMILES string of the molecule is O=C(Nc1ccc(O)c(-c2cc(C3CCC3)n(C(=O)NCc3ccccc3Cl)n2)c1)c1cccc(C(F)(F)F)c1. The molecular formula is C29H24ClF3N4O3. The fraction of sp³-hybridized carbons (Fsp3) is 0.207. The number of rotatable bonds is 6. The maximum Gasteiger partial charge on any atom is 0.416 e. The Morgan fingerprint density at radius 2 is 1.80 bits per heavy atom. The van der Waals surface area contributed by atoms with Gasteiger partial charge in [-0.2, -0.15) is 23.0 Å². The van der Waals surface area contributed by atoms with E-state index in [4.69, 9.17) is 11.6 Å². The highest BCUT2D eigenvalue weighted by molar-refractivity contribution is 6.31. The number of phenolic OH excluding ortho intramolecular Hbond substituents is 1. The molecule has 0 atom stereocenters. The smallest absolute Gasteiger partial charge is 0.416 e. The molecule has 1 aliphatic carbocycles. The van der Waals surface area contributed by atoms with Crippen molar-refractivity contribution in [3.05, 3.63) is 100 Å². The maximum absolute atomic E-state index is 13.1. The number of anilines is 1. The third-order valence-electron chi connectivity index (χ3n) is 6.82. The number of carbonyl (C=O) groups is 2. The molecule has 1 heterocycles. The van der Waals surface area contributed by atoms with Gasteiger partial charge >= 0.3 is 12.2 Å². The van der Waals surface area contributed by atoms with Gasteiger partial charge in [0.05, 0.1) is 17.0 Å². The molecule has 4 aromatic rings. The van der Waals surface area contributed by atoms with Crippen molar-refractivity contribution in [3.8, 4) is 17.0 Å². The van der Waals surface area contributed by atoms with Gasteiger partial charge in [-0.1, -0.05) is 42.3 Å². The number of hydrogen-bond acceptors (Lipinski definition) is 4. The van der Waals surface area contributed by atoms with E-state index in [-0.39, 0.29) is 35.0 Å². The van der Waals surface area contributed by atoms with Gasteiger partial charge < -0.3 is 15.7 Å². The molecule has 2 amide bonds. The number of nitrogens with zero attached hydrogens (tertiary/aromatic N) is 2. The summed E-state index contributed by atoms with van der Waals surface area (Å²) < 4.78 is 40.5. The predicted molar refractivity (Wildman–Crippen MR) is 144 cm³/mol. The lowest BCUT2D eigenvalue weighted by Crippen LogP contribution is -2.31. The highest BCUT2D eigenvalue weighted by Gasteiger charge is 2.31. The molecular weight excluding hydrogens is 545 g/mol. The summed E-state index contributed by atoms with van der Waals surface area (Å²) >= 11 is 6.20. The lowest BCUT2D eigenvalue weighted by molar-refractivity contribution is -0.137. The summed E-state index contributed by atoms with van der Waals surface area (Å²) in [6.45, 7) is 0.195. The van der Waals surface area contributed by atoms with E-state index in [1.807, 2.05) is 6.07 Å². The molecule has 7 nitrogen and oxygen atoms in total. The van der Waals surface area contributed by atoms with E-state index in [1.165, 1.54) is 28.9 Å². The third kappa shape index (κ3) is 5.81. The van der Waals surface area contributed by atoms with Crippen molar-refractivity contribution in [2.75, 3.05) is 5.32 Å². The van der Waals surface area contributed by atoms with E-state index >= 15 is 0 Å². The van der Waals surface area contributed by atoms with Crippen molar-refractivity contribution in [1.82, 2.24) is 15.1 Å². The summed E-state index contributed by atoms with van der Waals surface area (Å²) in [5, 5.41) is 21.0. The molecule has 0 unspecified atom stereocenters. The van der Waals surface area contributed by atoms with Crippen molar-refractivity contribution in [2.45, 2.75) is 37.9 Å². The largest absolute Gasteiger partial charge is 0.507 e. The van der Waals surface area contributed by atoms with Crippen molar-refractivity contribution in [3.63, 3.8) is 0 Å². The first-order chi connectivity index (χ1) is 19.1. The van der Waals surface area contributed by atoms with Crippen LogP contribution in [0.3, 0.4) is 0 Å². The summed E-state index contributed by atoms with van der Waals surface area (Å²) in [4.78, 5) is 25.8. The van der Waals surface area contributed by atoms with Gasteiger partial charge in [0.1, 0.15) is 5.75 Å². The van der Waals surface area contributed by atoms with Gasteiger partial charge in [-0.15, -0.1) is 0 Å². The first kappa shape index (κ1) is 27.3. The topological polar surface area (TPSA) is 96.2 Å². The lowest BCUT2D eigenvalue weighted by atomic mass is 9.82. The Bertz CT molecular complexity index is 1580. The second kappa shape index (κ2) is 11.1. The minimum Gasteiger partial charge on any atom is -0.507 e. The number of hydrogen-bond donors (Lipinski definition) is 3. The van der Waals surface area contributed by atoms with E-state index in [2.05, 4.69) is 15.7 Å². The fourth-order valence-electron chi connectivity index (χ4n) is 4.43. The second-order valence-electron chi connectivity index (χ2n) is 9.51. The van der Waals surface area contributed by atoms with Crippen molar-refractivity contribution >= 4 is 29.2 Å². The Kier molecular flexibility index (Phi) is 7.53. The van der Waals surface area contributed by atoms with E-state index in [9.17, 15) is 27.9 Å². The summed E-state index contributed by atoms with van der Waals surface area (Å²) in [6, 6.07) is 16.7. The molecule has 1 saturated carbocycles. The summed E-state index contributed by atoms with van der Waals surface area (Å²) in [5.41, 5.74) is 1.12. The standard InChI is InChI=1S/C29H24ClF3N4O3/c30-23-10-2-1-5-19(23)16-34-28(40)37-25(17-6-3-7-17)15-24(36-37)22-14-21(11-12-26(22)38)35-27(39)18-8-4-9-20(13-18)29(31,32)33/h1-2,4-5,8-15,17,38H,3,6-7,16H2,(H,34,40)(H,35,39). The van der Waals surface area contributed by atoms with Crippen LogP contribution in [0.15, 0.2) is 72.8 Å². The van der Waals surface area contributed by atoms with Crippen LogP contribution in [0.1, 0.15) is 52.4 Å². The molecule has 3 N–H and O–H groups in total. The zero-order valence-electron chi connectivity index (χ0n) is 21.0. The number of phenols is 1. The lowest BCUT2D eigenvalue weighted by Gasteiger charge is -2.25. The van der Waals surface area contributed by atoms with Crippen molar-refractivity contribution < 1.29 is 27.9 Å². The molecule has 1 aromatic heterocycles. The summed E-state index contributed by atoms with van der Waals surface area (Å²) in [6.07, 6.45) is -1.78. The minimum atomic E-state index is -4.58. The number of aromatic nitrogens is 2. The van der Waals surface area contributed by atoms with Crippen LogP contribution in [0.2, 0.25) is 5.02 Å². The molecule has 0 aliphatic heterocycles. The highest BCUT2D eigenvalue weighted by Crippen LogP contribution is 2.39. The molecule has 11 heteroatoms. The summed E-state index contributed by atoms with van der Waals surface area (Å²) in [5.74, 6) is -0.765. The minimum absolute atomic E-state index is 0.123. The van der Waals surface area contributed by atoms with Crippen LogP contribution in [-0.2, 0) is 12.7 Å². The van der Waals surface area contributed by atoms with Crippen LogP contribution in [-0.4, -0.2) is 26.8 Å². The molecule has 1 aliphatic rings. The Labute approximate surface area is 232 Å². The Morgan fingerprint density at radius 1 is 1.02 bits per heavy atom. The molecule has 0 spiro atoms. The van der Waals surface area contributed by atoms with E-state index in [0.29, 0.717) is 16.4 Å². The number of alkyl halides is 3. The van der Waals surface area contributed by atoms with Crippen LogP contribution in [0.4, 0.5) is 23.7 Å². The first-order valence-corrected chi connectivity index (χ1v) is 12.9. The molecule has 40 heavy (non-hydrogen) atoms. The Balaban J connectivity index is 1.40. The highest BCUT2D eigenvalue weighted by atomic mass is 35.5. The second-order valence-corrected chi connectivity index (χ2v) is 9.92. The molecule has 1 fully saturated rings. The van der Waals surface area contributed by atoms with Crippen LogP contribution < -0.4 is 10.6 Å². The molecule has 3 aromatic carbocycles. The molecule has 0 saturated heterocycles. The van der Waals surface area contributed by atoms with Crippen LogP contribution >= 0.6 is 11.6 Å². The molecule has 206 valence electrons. The number of amides is 2. The number of halogens is 4. The number of nitrogens with one attached hydrogen (secondary N) is 2.